The Balaban J connectivity index is 0.000000187. The maximum absolute atomic E-state index is 13.2. The number of nitrogens with zero attached hydrogens (tertiary/aromatic N) is 6. The number of thiazole rings is 3. The molecule has 26 nitrogen and oxygen atoms in total. The van der Waals surface area contributed by atoms with Gasteiger partial charge in [-0.15, -0.1) is 0 Å². The Kier molecular flexibility index (Phi) is 43.8. The number of aromatic nitrogens is 3. The maximum Gasteiger partial charge on any atom is 0.343 e. The van der Waals surface area contributed by atoms with Crippen LogP contribution in [0.5, 0.6) is 40.2 Å². The zero-order chi connectivity index (χ0) is 104. The quantitative estimate of drug-likeness (QED) is 0.00466. The topological polar surface area (TPSA) is 324 Å². The lowest BCUT2D eigenvalue weighted by Gasteiger charge is -2.11. The number of ether oxygens (including phenoxy) is 10. The molecule has 0 atom stereocenters. The average molecular weight is 2050 g/mol. The number of unbranched alkanes of at least 4 members (excludes halogenated alkanes) is 9. The zero-order valence-corrected chi connectivity index (χ0v) is 85.8. The Bertz CT molecular complexity index is 7060. The molecule has 0 unspecified atom stereocenters. The molecule has 15 aromatic rings. The number of rotatable bonds is 51. The Hall–Kier alpha value is -16.8. The van der Waals surface area contributed by atoms with Gasteiger partial charge in [-0.25, -0.2) is 48.5 Å². The summed E-state index contributed by atoms with van der Waals surface area (Å²) >= 11 is 4.51. The Labute approximate surface area is 879 Å². The SMILES string of the molecule is C=CC(=O)OCCCCCCOc1ccc(C(=O)Oc2ccc(C#Cc3ccc(CCCC)cc3)cc2/C=N/Nc2nc3ccccc3s2)cc1.C=CC(=O)OCCCCCCOc1ccc(C(=O)Oc2ccc(C(=O)Oc3ccc(CCCCC)cc3/C=N/Nc3nc4ccccc4s3)cc2)cc1.C=CC(=O)OCCCOc1ccc(C(=O)Oc2ccc(-c3ccc(CCC)cc3)cc2/C=N/Nc2nc3ccccc3s2)cc1. The molecule has 3 heterocycles. The predicted octanol–water partition coefficient (Wildman–Crippen LogP) is 27.0. The monoisotopic (exact) mass is 2050 g/mol. The third-order valence-electron chi connectivity index (χ3n) is 22.7. The molecule has 29 heteroatoms. The highest BCUT2D eigenvalue weighted by molar-refractivity contribution is 7.22. The highest BCUT2D eigenvalue weighted by atomic mass is 32.1. The van der Waals surface area contributed by atoms with Gasteiger partial charge in [-0.3, -0.25) is 16.3 Å². The lowest BCUT2D eigenvalue weighted by molar-refractivity contribution is -0.138. The van der Waals surface area contributed by atoms with Crippen LogP contribution in [-0.4, -0.2) is 115 Å². The van der Waals surface area contributed by atoms with Crippen LogP contribution in [-0.2, 0) is 47.9 Å². The van der Waals surface area contributed by atoms with E-state index in [1.54, 1.807) is 134 Å². The van der Waals surface area contributed by atoms with E-state index in [2.05, 4.69) is 135 Å². The van der Waals surface area contributed by atoms with Crippen molar-refractivity contribution in [3.63, 3.8) is 0 Å². The van der Waals surface area contributed by atoms with Gasteiger partial charge < -0.3 is 47.4 Å². The number of nitrogens with one attached hydrogen (secondary N) is 3. The molecular formula is C120H117N9O17S3. The van der Waals surface area contributed by atoms with Crippen LogP contribution in [0.1, 0.15) is 203 Å². The van der Waals surface area contributed by atoms with Crippen molar-refractivity contribution >= 4 is 140 Å². The number of fused-ring (bicyclic) bond motifs is 3. The number of hydrogen-bond acceptors (Lipinski definition) is 29. The van der Waals surface area contributed by atoms with Crippen molar-refractivity contribution in [3.8, 4) is 63.2 Å². The molecule has 762 valence electrons. The van der Waals surface area contributed by atoms with E-state index in [4.69, 9.17) is 47.4 Å². The lowest BCUT2D eigenvalue weighted by Crippen LogP contribution is -2.11. The molecule has 0 radical (unpaired) electrons. The van der Waals surface area contributed by atoms with Crippen LogP contribution in [0.3, 0.4) is 0 Å². The summed E-state index contributed by atoms with van der Waals surface area (Å²) in [6.07, 6.45) is 25.7. The number of benzene rings is 12. The fraction of sp³-hybridized carbons (Fsp3) is 0.225. The number of carbonyl (C=O) groups excluding carboxylic acids is 7. The first-order valence-corrected chi connectivity index (χ1v) is 52.0. The van der Waals surface area contributed by atoms with Gasteiger partial charge in [-0.2, -0.15) is 15.3 Å². The van der Waals surface area contributed by atoms with Gasteiger partial charge in [-0.1, -0.05) is 197 Å². The first-order valence-electron chi connectivity index (χ1n) is 49.5. The number of carbonyl (C=O) groups is 7. The van der Waals surface area contributed by atoms with Crippen LogP contribution >= 0.6 is 34.0 Å². The number of aryl methyl sites for hydroxylation is 3. The molecule has 0 aliphatic rings. The highest BCUT2D eigenvalue weighted by Gasteiger charge is 2.20. The summed E-state index contributed by atoms with van der Waals surface area (Å²) < 4.78 is 58.4. The van der Waals surface area contributed by atoms with Crippen LogP contribution in [0, 0.1) is 11.8 Å². The van der Waals surface area contributed by atoms with E-state index < -0.39 is 41.8 Å². The van der Waals surface area contributed by atoms with E-state index >= 15 is 0 Å². The first-order chi connectivity index (χ1) is 72.9. The third kappa shape index (κ3) is 36.1. The fourth-order valence-corrected chi connectivity index (χ4v) is 17.2. The van der Waals surface area contributed by atoms with Crippen LogP contribution in [0.4, 0.5) is 15.4 Å². The van der Waals surface area contributed by atoms with E-state index in [0.717, 1.165) is 173 Å². The second kappa shape index (κ2) is 59.6. The fourth-order valence-electron chi connectivity index (χ4n) is 14.7. The number of hydrogen-bond donors (Lipinski definition) is 3. The van der Waals surface area contributed by atoms with Crippen molar-refractivity contribution in [2.45, 2.75) is 136 Å². The normalized spacial score (nSPS) is 10.9. The first kappa shape index (κ1) is 109. The van der Waals surface area contributed by atoms with E-state index in [1.807, 2.05) is 121 Å². The van der Waals surface area contributed by atoms with Crippen molar-refractivity contribution in [1.29, 1.82) is 0 Å². The number of anilines is 3. The van der Waals surface area contributed by atoms with Crippen molar-refractivity contribution in [3.05, 3.63) is 378 Å². The van der Waals surface area contributed by atoms with Crippen molar-refractivity contribution in [1.82, 2.24) is 15.0 Å². The Morgan fingerprint density at radius 2 is 0.651 bits per heavy atom. The summed E-state index contributed by atoms with van der Waals surface area (Å²) in [6.45, 7) is 19.1. The summed E-state index contributed by atoms with van der Waals surface area (Å²) in [4.78, 5) is 99.3. The smallest absolute Gasteiger partial charge is 0.343 e. The van der Waals surface area contributed by atoms with Crippen molar-refractivity contribution in [2.75, 3.05) is 55.9 Å². The predicted molar refractivity (Wildman–Crippen MR) is 593 cm³/mol. The molecule has 0 amide bonds. The van der Waals surface area contributed by atoms with Gasteiger partial charge in [0.05, 0.1) is 111 Å². The maximum atomic E-state index is 13.2. The molecule has 149 heavy (non-hydrogen) atoms. The van der Waals surface area contributed by atoms with Crippen LogP contribution in [0.15, 0.2) is 326 Å². The molecule has 3 N–H and O–H groups in total. The molecule has 0 spiro atoms. The van der Waals surface area contributed by atoms with Crippen LogP contribution in [0.25, 0.3) is 41.8 Å². The number of hydrazone groups is 3. The van der Waals surface area contributed by atoms with Gasteiger partial charge in [0, 0.05) is 52.5 Å². The van der Waals surface area contributed by atoms with Crippen LogP contribution < -0.4 is 49.4 Å². The van der Waals surface area contributed by atoms with Crippen molar-refractivity contribution in [2.24, 2.45) is 15.3 Å². The number of para-hydroxylation sites is 3. The minimum Gasteiger partial charge on any atom is -0.494 e. The summed E-state index contributed by atoms with van der Waals surface area (Å²) in [5.74, 6) is 6.37. The van der Waals surface area contributed by atoms with Gasteiger partial charge in [-0.05, 0) is 299 Å². The molecule has 0 saturated carbocycles. The second-order valence-electron chi connectivity index (χ2n) is 33.9. The van der Waals surface area contributed by atoms with Gasteiger partial charge in [0.15, 0.2) is 0 Å². The summed E-state index contributed by atoms with van der Waals surface area (Å²) in [7, 11) is 0. The molecular weight excluding hydrogens is 1940 g/mol. The van der Waals surface area contributed by atoms with Crippen molar-refractivity contribution < 1.29 is 80.9 Å². The lowest BCUT2D eigenvalue weighted by atomic mass is 10.0. The molecule has 0 fully saturated rings. The highest BCUT2D eigenvalue weighted by Crippen LogP contribution is 2.34. The average Bonchev–Trinajstić information content (AvgIpc) is 1.12. The van der Waals surface area contributed by atoms with E-state index in [0.29, 0.717) is 128 Å². The van der Waals surface area contributed by atoms with E-state index in [9.17, 15) is 33.6 Å². The Morgan fingerprint density at radius 3 is 1.08 bits per heavy atom. The Morgan fingerprint density at radius 1 is 0.309 bits per heavy atom. The molecule has 0 aliphatic carbocycles. The molecule has 0 bridgehead atoms. The summed E-state index contributed by atoms with van der Waals surface area (Å²) in [5.41, 5.74) is 22.4. The van der Waals surface area contributed by atoms with Gasteiger partial charge in [0.2, 0.25) is 15.4 Å². The molecule has 12 aromatic carbocycles. The van der Waals surface area contributed by atoms with E-state index in [-0.39, 0.29) is 12.4 Å². The molecule has 3 aromatic heterocycles. The molecule has 15 rings (SSSR count). The minimum atomic E-state index is -0.556. The summed E-state index contributed by atoms with van der Waals surface area (Å²) in [5, 5.41) is 15.2. The minimum absolute atomic E-state index is 0.236. The standard InChI is InChI=1S/C42H43N3O7S.C42H41N3O5S.C36H33N3O5S/c1-3-5-8-13-30-16-25-37(33(28-30)29-43-45-42-44-36-14-9-10-15-38(36)53-42)52-41(48)32-19-23-35(24-20-32)51-40(47)31-17-21-34(22-18-31)49-26-11-6-7-12-27-50-39(46)4-2;1-3-5-12-31-15-17-32(18-16-31)19-20-33-21-26-38(35(29-33)30-43-45-42-44-37-13-8-9-14-39(37)51-42)50-41(47)34-22-24-36(25-23-34)48-27-10-6-7-11-28-49-40(46)4-2;1-3-8-25-11-13-26(14-12-25)28-17-20-32(29(23-28)24-37-39-36-38-31-9-5-6-10-33(31)45-36)44-35(41)27-15-18-30(19-16-27)42-21-7-22-43-34(40)4-2/h4,9-10,14-25,28-29H,2-3,5-8,11-13,26-27H2,1H3,(H,44,45);4,8-9,13-18,21-26,29-30H,2-3,5-7,10-12,27-28H2,1H3,(H,44,45);4-6,9-20,23-24H,2-3,7-8,21-22H2,1H3,(H,38,39)/b43-29+;43-30+;37-24+. The second-order valence-corrected chi connectivity index (χ2v) is 37.0. The zero-order valence-electron chi connectivity index (χ0n) is 83.4. The number of esters is 7. The molecule has 0 saturated heterocycles. The van der Waals surface area contributed by atoms with Gasteiger partial charge in [0.1, 0.15) is 40.2 Å². The molecule has 0 aliphatic heterocycles. The van der Waals surface area contributed by atoms with Crippen LogP contribution in [0.2, 0.25) is 0 Å². The van der Waals surface area contributed by atoms with Gasteiger partial charge >= 0.3 is 41.8 Å². The van der Waals surface area contributed by atoms with Gasteiger partial charge in [0.25, 0.3) is 0 Å². The van der Waals surface area contributed by atoms with E-state index in [1.165, 1.54) is 57.6 Å². The third-order valence-corrected chi connectivity index (χ3v) is 25.5. The summed E-state index contributed by atoms with van der Waals surface area (Å²) in [6, 6.07) is 83.8. The largest absolute Gasteiger partial charge is 0.494 e.